The van der Waals surface area contributed by atoms with E-state index in [1.165, 1.54) is 43.0 Å². The van der Waals surface area contributed by atoms with Crippen LogP contribution in [0.1, 0.15) is 93.3 Å². The summed E-state index contributed by atoms with van der Waals surface area (Å²) in [5.74, 6) is 1.35. The molecule has 34 heavy (non-hydrogen) atoms. The number of carbonyl (C=O) groups excluding carboxylic acids is 1. The van der Waals surface area contributed by atoms with E-state index < -0.39 is 0 Å². The van der Waals surface area contributed by atoms with Gasteiger partial charge in [-0.2, -0.15) is 0 Å². The van der Waals surface area contributed by atoms with Crippen LogP contribution in [-0.4, -0.2) is 35.3 Å². The number of esters is 1. The molecule has 184 valence electrons. The maximum Gasteiger partial charge on any atom is 0.343 e. The zero-order chi connectivity index (χ0) is 24.5. The number of hydrogen-bond acceptors (Lipinski definition) is 6. The largest absolute Gasteiger partial charge is 0.462 e. The van der Waals surface area contributed by atoms with E-state index in [1.807, 2.05) is 13.2 Å². The molecule has 2 aliphatic carbocycles. The van der Waals surface area contributed by atoms with Gasteiger partial charge in [0, 0.05) is 12.7 Å². The Morgan fingerprint density at radius 1 is 1.29 bits per heavy atom. The van der Waals surface area contributed by atoms with Crippen LogP contribution in [0.25, 0.3) is 0 Å². The Hall–Kier alpha value is -2.08. The molecule has 6 heteroatoms. The van der Waals surface area contributed by atoms with Gasteiger partial charge in [0.25, 0.3) is 0 Å². The minimum Gasteiger partial charge on any atom is -0.462 e. The highest BCUT2D eigenvalue weighted by atomic mass is 32.2. The van der Waals surface area contributed by atoms with Gasteiger partial charge in [-0.1, -0.05) is 64.1 Å². The summed E-state index contributed by atoms with van der Waals surface area (Å²) in [6, 6.07) is 7.23. The zero-order valence-corrected chi connectivity index (χ0v) is 22.3. The molecule has 0 amide bonds. The van der Waals surface area contributed by atoms with Gasteiger partial charge in [-0.15, -0.1) is 0 Å². The molecular formula is C28H39N3O2S. The second-order valence-electron chi connectivity index (χ2n) is 10.8. The number of rotatable bonds is 7. The Morgan fingerprint density at radius 2 is 2.09 bits per heavy atom. The van der Waals surface area contributed by atoms with Gasteiger partial charge in [0.2, 0.25) is 0 Å². The first-order valence-electron chi connectivity index (χ1n) is 12.7. The summed E-state index contributed by atoms with van der Waals surface area (Å²) in [4.78, 5) is 21.5. The van der Waals surface area contributed by atoms with Crippen molar-refractivity contribution in [1.82, 2.24) is 9.97 Å². The summed E-state index contributed by atoms with van der Waals surface area (Å²) in [5.41, 5.74) is 5.25. The summed E-state index contributed by atoms with van der Waals surface area (Å²) in [6.07, 6.45) is 9.50. The zero-order valence-electron chi connectivity index (χ0n) is 21.5. The fourth-order valence-electron chi connectivity index (χ4n) is 6.46. The first kappa shape index (κ1) is 25.0. The van der Waals surface area contributed by atoms with Gasteiger partial charge in [0.05, 0.1) is 6.61 Å². The van der Waals surface area contributed by atoms with Crippen molar-refractivity contribution in [3.63, 3.8) is 0 Å². The summed E-state index contributed by atoms with van der Waals surface area (Å²) in [7, 11) is 0. The Balaban J connectivity index is 1.61. The molecule has 1 N–H and O–H groups in total. The van der Waals surface area contributed by atoms with E-state index in [4.69, 9.17) is 4.74 Å². The molecule has 4 rings (SSSR count). The smallest absolute Gasteiger partial charge is 0.343 e. The van der Waals surface area contributed by atoms with Crippen molar-refractivity contribution in [3.8, 4) is 0 Å². The Labute approximate surface area is 208 Å². The molecule has 0 aliphatic heterocycles. The Morgan fingerprint density at radius 3 is 2.79 bits per heavy atom. The van der Waals surface area contributed by atoms with Crippen LogP contribution in [0.2, 0.25) is 0 Å². The highest BCUT2D eigenvalue weighted by Crippen LogP contribution is 2.57. The number of thioether (sulfide) groups is 1. The maximum absolute atomic E-state index is 12.5. The van der Waals surface area contributed by atoms with Gasteiger partial charge in [-0.3, -0.25) is 0 Å². The van der Waals surface area contributed by atoms with E-state index >= 15 is 0 Å². The standard InChI is InChI=1S/C28H39N3O2S/c1-7-33-25(32)21-16-29-26(34-6)31-24(21)30-17-27(4)13-8-14-28(5)22-11-9-19(18(2)3)15-20(22)10-12-23(27)28/h9,11,15-16,18,23H,7-8,10,12-14,17H2,1-6H3,(H,29,30,31)/t23-,27-,28+/m1/s1. The number of nitrogens with one attached hydrogen (secondary N) is 1. The predicted octanol–water partition coefficient (Wildman–Crippen LogP) is 6.62. The number of benzene rings is 1. The normalized spacial score (nSPS) is 26.0. The molecule has 1 aromatic carbocycles. The monoisotopic (exact) mass is 481 g/mol. The molecule has 3 atom stereocenters. The minimum atomic E-state index is -0.371. The Bertz CT molecular complexity index is 1060. The molecule has 1 fully saturated rings. The average Bonchev–Trinajstić information content (AvgIpc) is 2.82. The van der Waals surface area contributed by atoms with Crippen LogP contribution in [0.3, 0.4) is 0 Å². The van der Waals surface area contributed by atoms with Crippen LogP contribution in [0.5, 0.6) is 0 Å². The van der Waals surface area contributed by atoms with Gasteiger partial charge in [0.15, 0.2) is 5.16 Å². The molecular weight excluding hydrogens is 442 g/mol. The molecule has 0 spiro atoms. The van der Waals surface area contributed by atoms with Crippen LogP contribution in [0, 0.1) is 11.3 Å². The van der Waals surface area contributed by atoms with Gasteiger partial charge in [-0.05, 0) is 78.2 Å². The highest BCUT2D eigenvalue weighted by Gasteiger charge is 2.51. The number of aromatic nitrogens is 2. The summed E-state index contributed by atoms with van der Waals surface area (Å²) in [6.45, 7) is 12.4. The number of carbonyl (C=O) groups is 1. The quantitative estimate of drug-likeness (QED) is 0.272. The van der Waals surface area contributed by atoms with Gasteiger partial charge in [0.1, 0.15) is 11.4 Å². The van der Waals surface area contributed by atoms with Crippen LogP contribution in [-0.2, 0) is 16.6 Å². The molecule has 1 saturated carbocycles. The lowest BCUT2D eigenvalue weighted by molar-refractivity contribution is 0.0357. The number of hydrogen-bond donors (Lipinski definition) is 1. The van der Waals surface area contributed by atoms with Crippen molar-refractivity contribution in [2.24, 2.45) is 11.3 Å². The van der Waals surface area contributed by atoms with Crippen LogP contribution in [0.4, 0.5) is 5.82 Å². The lowest BCUT2D eigenvalue weighted by atomic mass is 9.49. The third kappa shape index (κ3) is 4.58. The number of nitrogens with zero attached hydrogens (tertiary/aromatic N) is 2. The lowest BCUT2D eigenvalue weighted by Crippen LogP contribution is -2.51. The van der Waals surface area contributed by atoms with Gasteiger partial charge < -0.3 is 10.1 Å². The SMILES string of the molecule is CCOC(=O)c1cnc(SC)nc1NC[C@@]1(C)CCC[C@@]2(C)c3ccc(C(C)C)cc3CC[C@H]12. The van der Waals surface area contributed by atoms with Crippen molar-refractivity contribution in [1.29, 1.82) is 0 Å². The van der Waals surface area contributed by atoms with Crippen molar-refractivity contribution >= 4 is 23.5 Å². The second-order valence-corrected chi connectivity index (χ2v) is 11.6. The molecule has 0 saturated heterocycles. The molecule has 2 aromatic rings. The van der Waals surface area contributed by atoms with E-state index in [0.717, 1.165) is 13.0 Å². The second kappa shape index (κ2) is 9.88. The minimum absolute atomic E-state index is 0.109. The first-order valence-corrected chi connectivity index (χ1v) is 13.9. The molecule has 5 nitrogen and oxygen atoms in total. The van der Waals surface area contributed by atoms with Crippen molar-refractivity contribution in [2.75, 3.05) is 24.7 Å². The van der Waals surface area contributed by atoms with E-state index in [1.54, 1.807) is 17.3 Å². The fraction of sp³-hybridized carbons (Fsp3) is 0.607. The third-order valence-corrected chi connectivity index (χ3v) is 8.83. The topological polar surface area (TPSA) is 64.1 Å². The van der Waals surface area contributed by atoms with E-state index in [-0.39, 0.29) is 16.8 Å². The molecule has 0 radical (unpaired) electrons. The van der Waals surface area contributed by atoms with Crippen molar-refractivity contribution < 1.29 is 9.53 Å². The van der Waals surface area contributed by atoms with Crippen LogP contribution < -0.4 is 5.32 Å². The molecule has 1 aromatic heterocycles. The number of aryl methyl sites for hydroxylation is 1. The lowest BCUT2D eigenvalue weighted by Gasteiger charge is -2.55. The molecule has 1 heterocycles. The summed E-state index contributed by atoms with van der Waals surface area (Å²) in [5, 5.41) is 4.22. The summed E-state index contributed by atoms with van der Waals surface area (Å²) >= 11 is 1.48. The first-order chi connectivity index (χ1) is 16.2. The van der Waals surface area contributed by atoms with E-state index in [2.05, 4.69) is 61.2 Å². The average molecular weight is 482 g/mol. The Kier molecular flexibility index (Phi) is 7.28. The van der Waals surface area contributed by atoms with Crippen molar-refractivity contribution in [3.05, 3.63) is 46.6 Å². The predicted molar refractivity (Wildman–Crippen MR) is 140 cm³/mol. The van der Waals surface area contributed by atoms with E-state index in [9.17, 15) is 4.79 Å². The molecule has 0 bridgehead atoms. The van der Waals surface area contributed by atoms with E-state index in [0.29, 0.717) is 35.0 Å². The van der Waals surface area contributed by atoms with Gasteiger partial charge in [-0.25, -0.2) is 14.8 Å². The third-order valence-electron chi connectivity index (χ3n) is 8.27. The van der Waals surface area contributed by atoms with Crippen molar-refractivity contribution in [2.45, 2.75) is 83.2 Å². The van der Waals surface area contributed by atoms with Crippen LogP contribution >= 0.6 is 11.8 Å². The fourth-order valence-corrected chi connectivity index (χ4v) is 6.80. The molecule has 0 unspecified atom stereocenters. The molecule has 2 aliphatic rings. The maximum atomic E-state index is 12.5. The number of fused-ring (bicyclic) bond motifs is 3. The summed E-state index contributed by atoms with van der Waals surface area (Å²) < 4.78 is 5.26. The van der Waals surface area contributed by atoms with Crippen LogP contribution in [0.15, 0.2) is 29.6 Å². The highest BCUT2D eigenvalue weighted by molar-refractivity contribution is 7.98. The number of anilines is 1. The van der Waals surface area contributed by atoms with Gasteiger partial charge >= 0.3 is 5.97 Å². The number of ether oxygens (including phenoxy) is 1.